The minimum absolute atomic E-state index is 0.0216. The number of halogens is 1. The van der Waals surface area contributed by atoms with Gasteiger partial charge in [0.05, 0.1) is 0 Å². The van der Waals surface area contributed by atoms with Crippen LogP contribution in [0.25, 0.3) is 5.57 Å². The van der Waals surface area contributed by atoms with Crippen molar-refractivity contribution < 1.29 is 4.39 Å². The van der Waals surface area contributed by atoms with Gasteiger partial charge in [0, 0.05) is 35.5 Å². The van der Waals surface area contributed by atoms with Crippen molar-refractivity contribution in [2.75, 3.05) is 6.54 Å². The molecule has 1 heterocycles. The maximum atomic E-state index is 13.4. The quantitative estimate of drug-likeness (QED) is 0.0762. The molecule has 1 aromatic rings. The highest BCUT2D eigenvalue weighted by molar-refractivity contribution is 7.11. The molecule has 3 rings (SSSR count). The summed E-state index contributed by atoms with van der Waals surface area (Å²) in [4.78, 5) is 7.38. The fourth-order valence-corrected chi connectivity index (χ4v) is 5.86. The van der Waals surface area contributed by atoms with E-state index in [1.165, 1.54) is 11.1 Å². The number of thiophene rings is 1. The molecule has 2 unspecified atom stereocenters. The Balaban J connectivity index is 1.67. The molecule has 0 aliphatic heterocycles. The molecule has 208 valence electrons. The maximum absolute atomic E-state index is 13.4. The fourth-order valence-electron chi connectivity index (χ4n) is 4.90. The molecule has 0 aromatic carbocycles. The van der Waals surface area contributed by atoms with Gasteiger partial charge in [-0.05, 0) is 90.7 Å². The Labute approximate surface area is 238 Å². The fraction of sp³-hybridized carbons (Fsp3) is 0.419. The molecule has 0 saturated heterocycles. The lowest BCUT2D eigenvalue weighted by Gasteiger charge is -2.31. The zero-order valence-electron chi connectivity index (χ0n) is 23.6. The standard InChI is InChI=1S/C31H43BFN5S/c1-3-7-28(37-38(32)17-16-31(2)14-12-27(33)13-15-31)11-10-26(21-36-23-35)29(20-34)30-19-25(22-39-30)18-24-8-5-4-6-9-24/h5,8-10,12-14,19-23,28,35,37H,3-4,6-7,11,15-18,32,34H2,1-2H3/b26-10-,29-20+,35-23?,36-21-. The van der Waals surface area contributed by atoms with Crippen molar-refractivity contribution in [1.29, 1.82) is 5.41 Å². The van der Waals surface area contributed by atoms with Crippen molar-refractivity contribution in [3.63, 3.8) is 0 Å². The van der Waals surface area contributed by atoms with E-state index in [1.807, 2.05) is 6.08 Å². The zero-order valence-corrected chi connectivity index (χ0v) is 24.4. The second-order valence-corrected chi connectivity index (χ2v) is 11.6. The summed E-state index contributed by atoms with van der Waals surface area (Å²) in [6.45, 7) is 5.24. The van der Waals surface area contributed by atoms with Crippen LogP contribution in [0.2, 0.25) is 0 Å². The largest absolute Gasteiger partial charge is 0.404 e. The Bertz CT molecular complexity index is 1180. The van der Waals surface area contributed by atoms with Gasteiger partial charge in [-0.2, -0.15) is 0 Å². The predicted octanol–water partition coefficient (Wildman–Crippen LogP) is 6.59. The third-order valence-electron chi connectivity index (χ3n) is 7.25. The van der Waals surface area contributed by atoms with Crippen LogP contribution in [0.3, 0.4) is 0 Å². The second kappa shape index (κ2) is 15.7. The number of nitrogens with one attached hydrogen (secondary N) is 2. The minimum Gasteiger partial charge on any atom is -0.404 e. The average molecular weight is 548 g/mol. The van der Waals surface area contributed by atoms with Gasteiger partial charge >= 0.3 is 0 Å². The van der Waals surface area contributed by atoms with E-state index >= 15 is 0 Å². The van der Waals surface area contributed by atoms with E-state index in [2.05, 4.69) is 72.9 Å². The summed E-state index contributed by atoms with van der Waals surface area (Å²) in [7, 11) is 2.07. The van der Waals surface area contributed by atoms with Crippen LogP contribution in [0.15, 0.2) is 82.1 Å². The molecular weight excluding hydrogens is 504 g/mol. The summed E-state index contributed by atoms with van der Waals surface area (Å²) in [6.07, 6.45) is 26.4. The van der Waals surface area contributed by atoms with Crippen LogP contribution in [-0.2, 0) is 6.42 Å². The van der Waals surface area contributed by atoms with E-state index in [0.29, 0.717) is 0 Å². The van der Waals surface area contributed by atoms with Crippen LogP contribution in [0.5, 0.6) is 0 Å². The Morgan fingerprint density at radius 1 is 1.36 bits per heavy atom. The van der Waals surface area contributed by atoms with Gasteiger partial charge in [-0.25, -0.2) is 9.38 Å². The van der Waals surface area contributed by atoms with Gasteiger partial charge in [-0.3, -0.25) is 15.8 Å². The van der Waals surface area contributed by atoms with E-state index < -0.39 is 0 Å². The number of nitrogens with two attached hydrogens (primary N) is 1. The van der Waals surface area contributed by atoms with E-state index in [0.717, 1.165) is 80.3 Å². The van der Waals surface area contributed by atoms with E-state index in [9.17, 15) is 4.39 Å². The first-order valence-corrected chi connectivity index (χ1v) is 14.8. The van der Waals surface area contributed by atoms with E-state index in [-0.39, 0.29) is 17.3 Å². The smallest absolute Gasteiger partial charge is 0.205 e. The molecule has 5 nitrogen and oxygen atoms in total. The minimum atomic E-state index is -0.139. The molecule has 0 bridgehead atoms. The van der Waals surface area contributed by atoms with Crippen LogP contribution in [0.4, 0.5) is 4.39 Å². The van der Waals surface area contributed by atoms with Gasteiger partial charge in [0.25, 0.3) is 0 Å². The van der Waals surface area contributed by atoms with Crippen LogP contribution in [0.1, 0.15) is 69.2 Å². The average Bonchev–Trinajstić information content (AvgIpc) is 3.39. The number of allylic oxidation sites excluding steroid dienone is 10. The van der Waals surface area contributed by atoms with Crippen LogP contribution < -0.4 is 11.2 Å². The van der Waals surface area contributed by atoms with Crippen LogP contribution in [0, 0.1) is 10.8 Å². The number of rotatable bonds is 15. The number of hydrogen-bond acceptors (Lipinski definition) is 5. The van der Waals surface area contributed by atoms with Crippen molar-refractivity contribution in [1.82, 2.24) is 10.3 Å². The van der Waals surface area contributed by atoms with Crippen molar-refractivity contribution in [3.8, 4) is 0 Å². The normalized spacial score (nSPS) is 20.9. The SMILES string of the molecule is BN(CCC1(C)C=CC(F)=CC1)NC(C/C=C(/C=N\C=N)C(=C/N)\c1cc(CC2=CCCC=C2)cs1)CCC. The number of hydrazine groups is 1. The highest BCUT2D eigenvalue weighted by Gasteiger charge is 2.23. The van der Waals surface area contributed by atoms with Gasteiger partial charge in [0.2, 0.25) is 7.98 Å². The lowest BCUT2D eigenvalue weighted by atomic mass is 9.80. The van der Waals surface area contributed by atoms with Crippen molar-refractivity contribution in [3.05, 3.63) is 87.6 Å². The van der Waals surface area contributed by atoms with Crippen molar-refractivity contribution in [2.24, 2.45) is 16.1 Å². The molecule has 2 aliphatic rings. The van der Waals surface area contributed by atoms with E-state index in [4.69, 9.17) is 11.1 Å². The predicted molar refractivity (Wildman–Crippen MR) is 169 cm³/mol. The number of aliphatic imine (C=N–C) groups is 1. The Kier molecular flexibility index (Phi) is 12.4. The van der Waals surface area contributed by atoms with Gasteiger partial charge in [-0.1, -0.05) is 50.6 Å². The topological polar surface area (TPSA) is 77.5 Å². The second-order valence-electron chi connectivity index (χ2n) is 10.7. The lowest BCUT2D eigenvalue weighted by Crippen LogP contribution is -2.44. The monoisotopic (exact) mass is 547 g/mol. The Morgan fingerprint density at radius 2 is 2.21 bits per heavy atom. The molecule has 0 amide bonds. The molecule has 1 aromatic heterocycles. The van der Waals surface area contributed by atoms with Crippen molar-refractivity contribution >= 4 is 37.4 Å². The zero-order chi connectivity index (χ0) is 28.1. The molecule has 2 atom stereocenters. The van der Waals surface area contributed by atoms with Gasteiger partial charge < -0.3 is 5.73 Å². The molecule has 39 heavy (non-hydrogen) atoms. The van der Waals surface area contributed by atoms with Gasteiger partial charge in [0.1, 0.15) is 12.2 Å². The third-order valence-corrected chi connectivity index (χ3v) is 8.27. The van der Waals surface area contributed by atoms with E-state index in [1.54, 1.807) is 35.9 Å². The molecule has 4 N–H and O–H groups in total. The Hall–Kier alpha value is -2.81. The number of nitrogens with zero attached hydrogens (tertiary/aromatic N) is 2. The number of hydrogen-bond donors (Lipinski definition) is 3. The first-order valence-electron chi connectivity index (χ1n) is 14.0. The molecule has 0 radical (unpaired) electrons. The van der Waals surface area contributed by atoms with Gasteiger partial charge in [0.15, 0.2) is 0 Å². The summed E-state index contributed by atoms with van der Waals surface area (Å²) in [5.41, 5.74) is 14.3. The summed E-state index contributed by atoms with van der Waals surface area (Å²) < 4.78 is 13.4. The first kappa shape index (κ1) is 30.7. The summed E-state index contributed by atoms with van der Waals surface area (Å²) in [6, 6.07) is 2.47. The van der Waals surface area contributed by atoms with Crippen molar-refractivity contribution in [2.45, 2.75) is 71.3 Å². The molecule has 8 heteroatoms. The highest BCUT2D eigenvalue weighted by atomic mass is 32.1. The molecule has 2 aliphatic carbocycles. The summed E-state index contributed by atoms with van der Waals surface area (Å²) >= 11 is 1.69. The Morgan fingerprint density at radius 3 is 2.87 bits per heavy atom. The first-order chi connectivity index (χ1) is 18.9. The summed E-state index contributed by atoms with van der Waals surface area (Å²) in [5.74, 6) is -0.139. The van der Waals surface area contributed by atoms with Crippen LogP contribution in [-0.4, -0.2) is 38.0 Å². The lowest BCUT2D eigenvalue weighted by molar-refractivity contribution is 0.237. The van der Waals surface area contributed by atoms with Crippen LogP contribution >= 0.6 is 11.3 Å². The summed E-state index contributed by atoms with van der Waals surface area (Å²) in [5, 5.41) is 9.62. The molecular formula is C31H43BFN5S. The molecule has 0 spiro atoms. The highest BCUT2D eigenvalue weighted by Crippen LogP contribution is 2.33. The third kappa shape index (κ3) is 10.0. The maximum Gasteiger partial charge on any atom is 0.205 e. The molecule has 0 saturated carbocycles. The molecule has 0 fully saturated rings. The van der Waals surface area contributed by atoms with Gasteiger partial charge in [-0.15, -0.1) is 11.3 Å².